The summed E-state index contributed by atoms with van der Waals surface area (Å²) in [5.74, 6) is 1.56. The van der Waals surface area contributed by atoms with E-state index in [1.165, 1.54) is 17.5 Å². The molecule has 2 heterocycles. The van der Waals surface area contributed by atoms with Gasteiger partial charge in [0.25, 0.3) is 5.78 Å². The molecule has 0 saturated heterocycles. The van der Waals surface area contributed by atoms with Crippen LogP contribution in [0.15, 0.2) is 36.7 Å². The van der Waals surface area contributed by atoms with Crippen LogP contribution in [-0.4, -0.2) is 19.6 Å². The van der Waals surface area contributed by atoms with Gasteiger partial charge in [-0.05, 0) is 18.9 Å². The van der Waals surface area contributed by atoms with Gasteiger partial charge >= 0.3 is 0 Å². The van der Waals surface area contributed by atoms with Crippen molar-refractivity contribution in [1.29, 1.82) is 0 Å². The van der Waals surface area contributed by atoms with Gasteiger partial charge in [0, 0.05) is 18.3 Å². The van der Waals surface area contributed by atoms with Gasteiger partial charge in [-0.25, -0.2) is 4.98 Å². The number of aromatic nitrogens is 4. The number of hydrogen-bond acceptors (Lipinski definition) is 4. The fraction of sp³-hybridized carbons (Fsp3) is 0.267. The average molecular weight is 267 g/mol. The summed E-state index contributed by atoms with van der Waals surface area (Å²) in [5.41, 5.74) is 3.51. The van der Waals surface area contributed by atoms with Crippen LogP contribution < -0.4 is 5.32 Å². The van der Waals surface area contributed by atoms with E-state index in [2.05, 4.69) is 58.5 Å². The van der Waals surface area contributed by atoms with Crippen molar-refractivity contribution in [3.8, 4) is 0 Å². The molecule has 0 amide bonds. The van der Waals surface area contributed by atoms with Crippen LogP contribution in [0.1, 0.15) is 23.7 Å². The van der Waals surface area contributed by atoms with Gasteiger partial charge in [0.15, 0.2) is 0 Å². The first-order valence-corrected chi connectivity index (χ1v) is 6.75. The number of anilines is 1. The number of hydrogen-bond donors (Lipinski definition) is 1. The number of fused-ring (bicyclic) bond motifs is 1. The molecule has 0 fully saturated rings. The Kier molecular flexibility index (Phi) is 3.33. The fourth-order valence-corrected chi connectivity index (χ4v) is 2.07. The van der Waals surface area contributed by atoms with Crippen molar-refractivity contribution >= 4 is 11.6 Å². The second-order valence-corrected chi connectivity index (χ2v) is 4.80. The molecular weight excluding hydrogens is 250 g/mol. The summed E-state index contributed by atoms with van der Waals surface area (Å²) < 4.78 is 1.73. The molecule has 0 bridgehead atoms. The third-order valence-corrected chi connectivity index (χ3v) is 3.26. The molecule has 5 nitrogen and oxygen atoms in total. The molecule has 102 valence electrons. The van der Waals surface area contributed by atoms with E-state index in [1.54, 1.807) is 4.52 Å². The van der Waals surface area contributed by atoms with Gasteiger partial charge in [-0.15, -0.1) is 0 Å². The minimum absolute atomic E-state index is 0.635. The third-order valence-electron chi connectivity index (χ3n) is 3.26. The summed E-state index contributed by atoms with van der Waals surface area (Å²) in [5, 5.41) is 7.61. The van der Waals surface area contributed by atoms with E-state index in [9.17, 15) is 0 Å². The Hall–Kier alpha value is -2.43. The molecule has 0 spiro atoms. The summed E-state index contributed by atoms with van der Waals surface area (Å²) in [6.45, 7) is 4.92. The molecule has 0 saturated carbocycles. The zero-order valence-corrected chi connectivity index (χ0v) is 11.7. The first-order chi connectivity index (χ1) is 9.76. The largest absolute Gasteiger partial charge is 0.366 e. The molecule has 1 N–H and O–H groups in total. The molecular formula is C15H17N5. The predicted molar refractivity (Wildman–Crippen MR) is 78.7 cm³/mol. The standard InChI is InChI=1S/C15H17N5/c1-3-13-8-14(20-15(19-13)17-10-18-20)16-9-12-6-4-11(2)5-7-12/h4-8,10,16H,3,9H2,1-2H3. The first-order valence-electron chi connectivity index (χ1n) is 6.75. The minimum Gasteiger partial charge on any atom is -0.366 e. The Bertz CT molecular complexity index is 715. The molecule has 0 unspecified atom stereocenters. The maximum atomic E-state index is 4.43. The molecule has 1 aromatic carbocycles. The van der Waals surface area contributed by atoms with Crippen molar-refractivity contribution in [2.75, 3.05) is 5.32 Å². The lowest BCUT2D eigenvalue weighted by Crippen LogP contribution is -2.07. The number of aryl methyl sites for hydroxylation is 2. The van der Waals surface area contributed by atoms with Gasteiger partial charge in [-0.3, -0.25) is 0 Å². The molecule has 2 aromatic heterocycles. The van der Waals surface area contributed by atoms with E-state index >= 15 is 0 Å². The Morgan fingerprint density at radius 1 is 1.20 bits per heavy atom. The Balaban J connectivity index is 1.86. The summed E-state index contributed by atoms with van der Waals surface area (Å²) >= 11 is 0. The van der Waals surface area contributed by atoms with Gasteiger partial charge in [-0.1, -0.05) is 36.8 Å². The van der Waals surface area contributed by atoms with Crippen LogP contribution in [0.4, 0.5) is 5.82 Å². The van der Waals surface area contributed by atoms with Crippen molar-refractivity contribution in [1.82, 2.24) is 19.6 Å². The molecule has 5 heteroatoms. The molecule has 0 aliphatic rings. The average Bonchev–Trinajstić information content (AvgIpc) is 2.94. The van der Waals surface area contributed by atoms with E-state index < -0.39 is 0 Å². The monoisotopic (exact) mass is 267 g/mol. The summed E-state index contributed by atoms with van der Waals surface area (Å²) in [7, 11) is 0. The number of nitrogens with one attached hydrogen (secondary N) is 1. The van der Waals surface area contributed by atoms with Crippen LogP contribution in [0.25, 0.3) is 5.78 Å². The van der Waals surface area contributed by atoms with Crippen molar-refractivity contribution in [2.45, 2.75) is 26.8 Å². The third kappa shape index (κ3) is 2.47. The highest BCUT2D eigenvalue weighted by molar-refractivity contribution is 5.45. The first kappa shape index (κ1) is 12.6. The Morgan fingerprint density at radius 3 is 2.75 bits per heavy atom. The van der Waals surface area contributed by atoms with E-state index in [0.29, 0.717) is 5.78 Å². The van der Waals surface area contributed by atoms with Crippen molar-refractivity contribution in [3.05, 3.63) is 53.5 Å². The van der Waals surface area contributed by atoms with E-state index in [4.69, 9.17) is 0 Å². The highest BCUT2D eigenvalue weighted by Gasteiger charge is 2.06. The minimum atomic E-state index is 0.635. The van der Waals surface area contributed by atoms with E-state index in [-0.39, 0.29) is 0 Å². The molecule has 20 heavy (non-hydrogen) atoms. The quantitative estimate of drug-likeness (QED) is 0.789. The summed E-state index contributed by atoms with van der Waals surface area (Å²) in [6.07, 6.45) is 2.40. The normalized spacial score (nSPS) is 10.9. The lowest BCUT2D eigenvalue weighted by Gasteiger charge is -2.09. The highest BCUT2D eigenvalue weighted by Crippen LogP contribution is 2.13. The van der Waals surface area contributed by atoms with Gasteiger partial charge in [0.2, 0.25) is 0 Å². The van der Waals surface area contributed by atoms with Crippen LogP contribution in [0, 0.1) is 6.92 Å². The SMILES string of the molecule is CCc1cc(NCc2ccc(C)cc2)n2ncnc2n1. The maximum absolute atomic E-state index is 4.43. The Morgan fingerprint density at radius 2 is 2.00 bits per heavy atom. The topological polar surface area (TPSA) is 55.1 Å². The van der Waals surface area contributed by atoms with Crippen molar-refractivity contribution in [2.24, 2.45) is 0 Å². The summed E-state index contributed by atoms with van der Waals surface area (Å²) in [4.78, 5) is 8.59. The number of rotatable bonds is 4. The molecule has 0 radical (unpaired) electrons. The van der Waals surface area contributed by atoms with Crippen LogP contribution in [0.3, 0.4) is 0 Å². The maximum Gasteiger partial charge on any atom is 0.254 e. The van der Waals surface area contributed by atoms with Gasteiger partial charge in [0.1, 0.15) is 12.1 Å². The zero-order chi connectivity index (χ0) is 13.9. The number of nitrogens with zero attached hydrogens (tertiary/aromatic N) is 4. The second kappa shape index (κ2) is 5.28. The van der Waals surface area contributed by atoms with Crippen LogP contribution in [0.2, 0.25) is 0 Å². The lowest BCUT2D eigenvalue weighted by atomic mass is 10.1. The second-order valence-electron chi connectivity index (χ2n) is 4.80. The fourth-order valence-electron chi connectivity index (χ4n) is 2.07. The van der Waals surface area contributed by atoms with Crippen LogP contribution >= 0.6 is 0 Å². The van der Waals surface area contributed by atoms with E-state index in [0.717, 1.165) is 24.5 Å². The molecule has 3 aromatic rings. The van der Waals surface area contributed by atoms with E-state index in [1.807, 2.05) is 6.07 Å². The van der Waals surface area contributed by atoms with Crippen molar-refractivity contribution < 1.29 is 0 Å². The zero-order valence-electron chi connectivity index (χ0n) is 11.7. The van der Waals surface area contributed by atoms with Crippen LogP contribution in [0.5, 0.6) is 0 Å². The molecule has 0 aliphatic carbocycles. The van der Waals surface area contributed by atoms with Gasteiger partial charge in [-0.2, -0.15) is 14.6 Å². The highest BCUT2D eigenvalue weighted by atomic mass is 15.3. The van der Waals surface area contributed by atoms with Gasteiger partial charge in [0.05, 0.1) is 0 Å². The molecule has 0 atom stereocenters. The Labute approximate surface area is 117 Å². The van der Waals surface area contributed by atoms with Crippen molar-refractivity contribution in [3.63, 3.8) is 0 Å². The predicted octanol–water partition coefficient (Wildman–Crippen LogP) is 2.61. The lowest BCUT2D eigenvalue weighted by molar-refractivity contribution is 0.901. The summed E-state index contributed by atoms with van der Waals surface area (Å²) in [6, 6.07) is 10.5. The molecule has 3 rings (SSSR count). The number of benzene rings is 1. The van der Waals surface area contributed by atoms with Gasteiger partial charge < -0.3 is 5.32 Å². The van der Waals surface area contributed by atoms with Crippen LogP contribution in [-0.2, 0) is 13.0 Å². The smallest absolute Gasteiger partial charge is 0.254 e. The molecule has 0 aliphatic heterocycles.